The van der Waals surface area contributed by atoms with Gasteiger partial charge in [0.25, 0.3) is 5.56 Å². The molecule has 0 saturated carbocycles. The van der Waals surface area contributed by atoms with Crippen LogP contribution in [-0.2, 0) is 0 Å². The van der Waals surface area contributed by atoms with Gasteiger partial charge in [-0.15, -0.1) is 10.2 Å². The van der Waals surface area contributed by atoms with Gasteiger partial charge >= 0.3 is 0 Å². The van der Waals surface area contributed by atoms with E-state index in [9.17, 15) is 4.79 Å². The molecule has 2 N–H and O–H groups in total. The molecule has 0 aliphatic rings. The number of nitrogens with two attached hydrogens (primary N) is 1. The normalized spacial score (nSPS) is 10.5. The van der Waals surface area contributed by atoms with Gasteiger partial charge in [0.05, 0.1) is 0 Å². The number of rotatable bonds is 0. The Morgan fingerprint density at radius 2 is 2.45 bits per heavy atom. The smallest absolute Gasteiger partial charge is 0.293 e. The van der Waals surface area contributed by atoms with Gasteiger partial charge in [-0.05, 0) is 0 Å². The number of nitrogen functional groups attached to an aromatic ring is 1. The van der Waals surface area contributed by atoms with E-state index in [4.69, 9.17) is 5.73 Å². The first kappa shape index (κ1) is 6.23. The van der Waals surface area contributed by atoms with Crippen LogP contribution in [0, 0.1) is 0 Å². The summed E-state index contributed by atoms with van der Waals surface area (Å²) in [6, 6.07) is 0. The Kier molecular flexibility index (Phi) is 1.13. The Balaban J connectivity index is 3.02. The Hall–Kier alpha value is -1.50. The zero-order valence-electron chi connectivity index (χ0n) is 5.26. The summed E-state index contributed by atoms with van der Waals surface area (Å²) in [5, 5.41) is 11.1. The lowest BCUT2D eigenvalue weighted by molar-refractivity contribution is 0.857. The van der Waals surface area contributed by atoms with Gasteiger partial charge < -0.3 is 5.73 Å². The first-order valence-electron chi connectivity index (χ1n) is 2.74. The molecule has 2 aromatic heterocycles. The molecule has 0 spiro atoms. The van der Waals surface area contributed by atoms with Crippen molar-refractivity contribution in [2.75, 3.05) is 5.73 Å². The molecule has 2 rings (SSSR count). The van der Waals surface area contributed by atoms with E-state index in [1.54, 1.807) is 0 Å². The summed E-state index contributed by atoms with van der Waals surface area (Å²) in [6.45, 7) is 0. The molecule has 7 heteroatoms. The number of aromatic nitrogens is 4. The highest BCUT2D eigenvalue weighted by molar-refractivity contribution is 7.20. The number of nitrogens with zero attached hydrogens (tertiary/aromatic N) is 4. The second-order valence-electron chi connectivity index (χ2n) is 1.82. The van der Waals surface area contributed by atoms with Crippen LogP contribution in [0.5, 0.6) is 0 Å². The van der Waals surface area contributed by atoms with Crippen LogP contribution < -0.4 is 11.3 Å². The highest BCUT2D eigenvalue weighted by atomic mass is 32.1. The van der Waals surface area contributed by atoms with Crippen LogP contribution in [-0.4, -0.2) is 19.8 Å². The van der Waals surface area contributed by atoms with E-state index in [0.717, 1.165) is 22.0 Å². The van der Waals surface area contributed by atoms with Crippen LogP contribution in [0.25, 0.3) is 4.96 Å². The van der Waals surface area contributed by atoms with Crippen LogP contribution in [0.3, 0.4) is 0 Å². The third kappa shape index (κ3) is 0.855. The fourth-order valence-electron chi connectivity index (χ4n) is 0.687. The van der Waals surface area contributed by atoms with Gasteiger partial charge in [-0.25, -0.2) is 0 Å². The van der Waals surface area contributed by atoms with Crippen molar-refractivity contribution in [3.8, 4) is 0 Å². The summed E-state index contributed by atoms with van der Waals surface area (Å²) in [7, 11) is 0. The quantitative estimate of drug-likeness (QED) is 0.554. The molecule has 0 saturated heterocycles. The van der Waals surface area contributed by atoms with Crippen LogP contribution in [0.2, 0.25) is 0 Å². The lowest BCUT2D eigenvalue weighted by atomic mass is 10.9. The molecular formula is C4H3N5OS. The van der Waals surface area contributed by atoms with Gasteiger partial charge in [-0.1, -0.05) is 11.3 Å². The van der Waals surface area contributed by atoms with Gasteiger partial charge in [-0.3, -0.25) is 4.79 Å². The molecule has 0 atom stereocenters. The Labute approximate surface area is 64.3 Å². The van der Waals surface area contributed by atoms with E-state index in [1.165, 1.54) is 0 Å². The van der Waals surface area contributed by atoms with Crippen molar-refractivity contribution in [2.24, 2.45) is 0 Å². The van der Waals surface area contributed by atoms with Gasteiger partial charge in [0.2, 0.25) is 10.1 Å². The molecule has 0 radical (unpaired) electrons. The largest absolute Gasteiger partial charge is 0.374 e. The average molecular weight is 169 g/mol. The summed E-state index contributed by atoms with van der Waals surface area (Å²) in [4.78, 5) is 11.4. The number of hydrogen-bond acceptors (Lipinski definition) is 6. The predicted octanol–water partition coefficient (Wildman–Crippen LogP) is -0.872. The molecule has 56 valence electrons. The second-order valence-corrected chi connectivity index (χ2v) is 2.81. The van der Waals surface area contributed by atoms with Crippen molar-refractivity contribution in [3.05, 3.63) is 16.6 Å². The molecule has 2 heterocycles. The van der Waals surface area contributed by atoms with E-state index in [-0.39, 0.29) is 5.56 Å². The Morgan fingerprint density at radius 3 is 3.18 bits per heavy atom. The molecule has 6 nitrogen and oxygen atoms in total. The van der Waals surface area contributed by atoms with Crippen molar-refractivity contribution in [2.45, 2.75) is 0 Å². The average Bonchev–Trinajstić information content (AvgIpc) is 2.31. The van der Waals surface area contributed by atoms with Gasteiger partial charge in [0.15, 0.2) is 0 Å². The fraction of sp³-hybridized carbons (Fsp3) is 0. The molecule has 0 bridgehead atoms. The third-order valence-corrected chi connectivity index (χ3v) is 1.82. The highest BCUT2D eigenvalue weighted by Gasteiger charge is 2.01. The fourth-order valence-corrected chi connectivity index (χ4v) is 1.30. The molecule has 0 unspecified atom stereocenters. The topological polar surface area (TPSA) is 86.2 Å². The van der Waals surface area contributed by atoms with Crippen molar-refractivity contribution in [1.82, 2.24) is 19.8 Å². The van der Waals surface area contributed by atoms with E-state index in [2.05, 4.69) is 15.3 Å². The minimum Gasteiger partial charge on any atom is -0.374 e. The molecule has 0 aromatic carbocycles. The first-order chi connectivity index (χ1) is 5.27. The minimum atomic E-state index is -0.317. The standard InChI is InChI=1S/C4H3N5OS/c5-3-8-9-2(10)1-6-7-4(9)11-3/h1H,(H2,5,8). The summed E-state index contributed by atoms with van der Waals surface area (Å²) in [5.74, 6) is 0. The van der Waals surface area contributed by atoms with E-state index >= 15 is 0 Å². The maximum Gasteiger partial charge on any atom is 0.293 e. The predicted molar refractivity (Wildman–Crippen MR) is 39.3 cm³/mol. The SMILES string of the molecule is Nc1nn2c(=O)cnnc2s1. The molecule has 0 aliphatic heterocycles. The number of hydrogen-bond donors (Lipinski definition) is 1. The summed E-state index contributed by atoms with van der Waals surface area (Å²) in [6.07, 6.45) is 1.09. The zero-order valence-corrected chi connectivity index (χ0v) is 6.08. The lowest BCUT2D eigenvalue weighted by Crippen LogP contribution is -2.14. The summed E-state index contributed by atoms with van der Waals surface area (Å²) >= 11 is 1.12. The molecule has 0 amide bonds. The Morgan fingerprint density at radius 1 is 1.64 bits per heavy atom. The highest BCUT2D eigenvalue weighted by Crippen LogP contribution is 2.09. The molecule has 0 aliphatic carbocycles. The van der Waals surface area contributed by atoms with Gasteiger partial charge in [0.1, 0.15) is 6.20 Å². The van der Waals surface area contributed by atoms with Crippen molar-refractivity contribution < 1.29 is 0 Å². The molecule has 2 aromatic rings. The van der Waals surface area contributed by atoms with E-state index < -0.39 is 0 Å². The first-order valence-corrected chi connectivity index (χ1v) is 3.56. The van der Waals surface area contributed by atoms with Gasteiger partial charge in [-0.2, -0.15) is 9.61 Å². The van der Waals surface area contributed by atoms with Crippen LogP contribution in [0.4, 0.5) is 5.13 Å². The van der Waals surface area contributed by atoms with Gasteiger partial charge in [0, 0.05) is 0 Å². The lowest BCUT2D eigenvalue weighted by Gasteiger charge is -1.82. The molecular weight excluding hydrogens is 166 g/mol. The third-order valence-electron chi connectivity index (χ3n) is 1.10. The molecule has 11 heavy (non-hydrogen) atoms. The van der Waals surface area contributed by atoms with Crippen LogP contribution in [0.1, 0.15) is 0 Å². The summed E-state index contributed by atoms with van der Waals surface area (Å²) in [5.41, 5.74) is 5.02. The zero-order chi connectivity index (χ0) is 7.84. The van der Waals surface area contributed by atoms with Crippen LogP contribution >= 0.6 is 11.3 Å². The maximum absolute atomic E-state index is 10.9. The maximum atomic E-state index is 10.9. The van der Waals surface area contributed by atoms with E-state index in [1.807, 2.05) is 0 Å². The second kappa shape index (κ2) is 1.99. The van der Waals surface area contributed by atoms with Crippen molar-refractivity contribution in [1.29, 1.82) is 0 Å². The number of fused-ring (bicyclic) bond motifs is 1. The monoisotopic (exact) mass is 169 g/mol. The number of anilines is 1. The van der Waals surface area contributed by atoms with Crippen LogP contribution in [0.15, 0.2) is 11.0 Å². The Bertz CT molecular complexity index is 445. The molecule has 0 fully saturated rings. The minimum absolute atomic E-state index is 0.308. The van der Waals surface area contributed by atoms with Crippen molar-refractivity contribution >= 4 is 21.4 Å². The van der Waals surface area contributed by atoms with E-state index in [0.29, 0.717) is 10.1 Å². The van der Waals surface area contributed by atoms with Crippen molar-refractivity contribution in [3.63, 3.8) is 0 Å². The summed E-state index contributed by atoms with van der Waals surface area (Å²) < 4.78 is 1.12.